The molecule has 0 spiro atoms. The third-order valence-electron chi connectivity index (χ3n) is 7.72. The van der Waals surface area contributed by atoms with Crippen LogP contribution < -0.4 is 5.56 Å². The minimum Gasteiger partial charge on any atom is -0.381 e. The highest BCUT2D eigenvalue weighted by atomic mass is 16.5. The SMILES string of the molecule is Cc1cc2[nH]c(=O)c3cnn(C4CCOCC4)c3c2cc1C(=O)N1CCN(Cc2cccnn2)[C@@H](C)C1. The number of hydrogen-bond donors (Lipinski definition) is 1. The Morgan fingerprint density at radius 3 is 2.78 bits per heavy atom. The Labute approximate surface area is 214 Å². The summed E-state index contributed by atoms with van der Waals surface area (Å²) >= 11 is 0. The van der Waals surface area contributed by atoms with Gasteiger partial charge in [-0.15, -0.1) is 0 Å². The van der Waals surface area contributed by atoms with Gasteiger partial charge in [-0.25, -0.2) is 0 Å². The first-order valence-corrected chi connectivity index (χ1v) is 12.9. The van der Waals surface area contributed by atoms with Gasteiger partial charge in [-0.1, -0.05) is 0 Å². The Morgan fingerprint density at radius 1 is 1.19 bits per heavy atom. The Bertz CT molecular complexity index is 1510. The van der Waals surface area contributed by atoms with Crippen molar-refractivity contribution >= 4 is 27.7 Å². The largest absolute Gasteiger partial charge is 0.381 e. The van der Waals surface area contributed by atoms with Gasteiger partial charge in [-0.05, 0) is 56.5 Å². The zero-order valence-corrected chi connectivity index (χ0v) is 21.2. The summed E-state index contributed by atoms with van der Waals surface area (Å²) in [5.41, 5.74) is 3.80. The van der Waals surface area contributed by atoms with Crippen molar-refractivity contribution in [2.24, 2.45) is 0 Å². The number of fused-ring (bicyclic) bond motifs is 3. The van der Waals surface area contributed by atoms with E-state index >= 15 is 0 Å². The lowest BCUT2D eigenvalue weighted by Crippen LogP contribution is -2.53. The van der Waals surface area contributed by atoms with Crippen molar-refractivity contribution in [3.63, 3.8) is 0 Å². The van der Waals surface area contributed by atoms with Crippen molar-refractivity contribution in [2.45, 2.75) is 45.3 Å². The molecule has 0 radical (unpaired) electrons. The van der Waals surface area contributed by atoms with Crippen LogP contribution in [-0.2, 0) is 11.3 Å². The smallest absolute Gasteiger partial charge is 0.259 e. The number of aryl methyl sites for hydroxylation is 1. The monoisotopic (exact) mass is 501 g/mol. The lowest BCUT2D eigenvalue weighted by Gasteiger charge is -2.39. The first-order valence-electron chi connectivity index (χ1n) is 12.9. The fourth-order valence-electron chi connectivity index (χ4n) is 5.64. The molecule has 4 aromatic rings. The number of aromatic nitrogens is 5. The molecule has 0 saturated carbocycles. The number of piperazine rings is 1. The maximum absolute atomic E-state index is 13.8. The molecule has 2 aliphatic rings. The van der Waals surface area contributed by atoms with E-state index in [0.717, 1.165) is 47.1 Å². The van der Waals surface area contributed by atoms with E-state index < -0.39 is 0 Å². The van der Waals surface area contributed by atoms with E-state index in [-0.39, 0.29) is 23.6 Å². The Hall–Kier alpha value is -3.63. The van der Waals surface area contributed by atoms with Crippen molar-refractivity contribution in [3.8, 4) is 0 Å². The third kappa shape index (κ3) is 4.40. The summed E-state index contributed by atoms with van der Waals surface area (Å²) in [6, 6.07) is 8.09. The van der Waals surface area contributed by atoms with Gasteiger partial charge in [-0.3, -0.25) is 19.2 Å². The highest BCUT2D eigenvalue weighted by Gasteiger charge is 2.29. The van der Waals surface area contributed by atoms with E-state index in [9.17, 15) is 9.59 Å². The number of hydrogen-bond acceptors (Lipinski definition) is 7. The number of benzene rings is 1. The number of nitrogens with zero attached hydrogens (tertiary/aromatic N) is 6. The minimum atomic E-state index is -0.160. The summed E-state index contributed by atoms with van der Waals surface area (Å²) in [5.74, 6) is 0.0156. The molecule has 1 aromatic carbocycles. The van der Waals surface area contributed by atoms with Gasteiger partial charge in [0.05, 0.1) is 34.4 Å². The van der Waals surface area contributed by atoms with Gasteiger partial charge in [0.1, 0.15) is 0 Å². The summed E-state index contributed by atoms with van der Waals surface area (Å²) in [4.78, 5) is 33.9. The van der Waals surface area contributed by atoms with Crippen molar-refractivity contribution < 1.29 is 9.53 Å². The number of H-pyrrole nitrogens is 1. The number of amides is 1. The number of pyridine rings is 1. The van der Waals surface area contributed by atoms with Gasteiger partial charge in [0.2, 0.25) is 0 Å². The Morgan fingerprint density at radius 2 is 2.03 bits per heavy atom. The van der Waals surface area contributed by atoms with E-state index in [1.165, 1.54) is 0 Å². The molecule has 1 atom stereocenters. The van der Waals surface area contributed by atoms with Crippen LogP contribution in [0.4, 0.5) is 0 Å². The molecule has 3 aromatic heterocycles. The van der Waals surface area contributed by atoms with Gasteiger partial charge in [0, 0.05) is 62.6 Å². The van der Waals surface area contributed by atoms with Crippen molar-refractivity contribution in [1.29, 1.82) is 0 Å². The number of ether oxygens (including phenoxy) is 1. The summed E-state index contributed by atoms with van der Waals surface area (Å²) in [6.45, 7) is 8.19. The fourth-order valence-corrected chi connectivity index (χ4v) is 5.64. The highest BCUT2D eigenvalue weighted by Crippen LogP contribution is 2.30. The lowest BCUT2D eigenvalue weighted by atomic mass is 10.0. The zero-order chi connectivity index (χ0) is 25.5. The van der Waals surface area contributed by atoms with Crippen LogP contribution in [0.3, 0.4) is 0 Å². The predicted octanol–water partition coefficient (Wildman–Crippen LogP) is 2.67. The second kappa shape index (κ2) is 9.68. The molecule has 1 amide bonds. The van der Waals surface area contributed by atoms with Crippen LogP contribution in [0.15, 0.2) is 41.5 Å². The average molecular weight is 502 g/mol. The van der Waals surface area contributed by atoms with E-state index in [4.69, 9.17) is 4.74 Å². The molecule has 10 nitrogen and oxygen atoms in total. The molecule has 5 heterocycles. The van der Waals surface area contributed by atoms with Gasteiger partial charge in [-0.2, -0.15) is 15.3 Å². The maximum atomic E-state index is 13.8. The Balaban J connectivity index is 1.32. The summed E-state index contributed by atoms with van der Waals surface area (Å²) in [5, 5.41) is 14.2. The van der Waals surface area contributed by atoms with Gasteiger partial charge >= 0.3 is 0 Å². The molecular formula is C27H31N7O3. The van der Waals surface area contributed by atoms with E-state index in [2.05, 4.69) is 32.1 Å². The first kappa shape index (κ1) is 23.7. The highest BCUT2D eigenvalue weighted by molar-refractivity contribution is 6.07. The summed E-state index contributed by atoms with van der Waals surface area (Å²) in [7, 11) is 0. The average Bonchev–Trinajstić information content (AvgIpc) is 3.37. The number of carbonyl (C=O) groups is 1. The van der Waals surface area contributed by atoms with Gasteiger partial charge in [0.15, 0.2) is 0 Å². The molecule has 37 heavy (non-hydrogen) atoms. The number of aromatic amines is 1. The molecular weight excluding hydrogens is 470 g/mol. The molecule has 1 N–H and O–H groups in total. The van der Waals surface area contributed by atoms with Crippen LogP contribution in [-0.4, -0.2) is 79.6 Å². The van der Waals surface area contributed by atoms with E-state index in [0.29, 0.717) is 43.8 Å². The Kier molecular flexibility index (Phi) is 6.21. The summed E-state index contributed by atoms with van der Waals surface area (Å²) in [6.07, 6.45) is 5.01. The van der Waals surface area contributed by atoms with E-state index in [1.807, 2.05) is 40.8 Å². The molecule has 0 aliphatic carbocycles. The second-order valence-corrected chi connectivity index (χ2v) is 10.1. The number of carbonyl (C=O) groups excluding carboxylic acids is 1. The van der Waals surface area contributed by atoms with Crippen LogP contribution in [0.25, 0.3) is 21.8 Å². The molecule has 10 heteroatoms. The minimum absolute atomic E-state index is 0.0156. The van der Waals surface area contributed by atoms with Crippen molar-refractivity contribution in [3.05, 3.63) is 63.8 Å². The standard InChI is InChI=1S/C27H31N7O3/c1-17-12-24-22(25-23(26(35)30-24)14-29-34(25)20-5-10-37-11-6-20)13-21(17)27(36)33-9-8-32(18(2)15-33)16-19-4-3-7-28-31-19/h3-4,7,12-14,18,20H,5-6,8-11,15-16H2,1-2H3,(H,30,35)/t18-/m0/s1. The van der Waals surface area contributed by atoms with Crippen molar-refractivity contribution in [2.75, 3.05) is 32.8 Å². The van der Waals surface area contributed by atoms with Crippen LogP contribution >= 0.6 is 0 Å². The fraction of sp³-hybridized carbons (Fsp3) is 0.444. The number of nitrogens with one attached hydrogen (secondary N) is 1. The molecule has 192 valence electrons. The quantitative estimate of drug-likeness (QED) is 0.458. The topological polar surface area (TPSA) is 109 Å². The molecule has 0 bridgehead atoms. The summed E-state index contributed by atoms with van der Waals surface area (Å²) < 4.78 is 7.50. The van der Waals surface area contributed by atoms with Crippen molar-refractivity contribution in [1.82, 2.24) is 34.8 Å². The molecule has 2 aliphatic heterocycles. The van der Waals surface area contributed by atoms with Gasteiger partial charge < -0.3 is 14.6 Å². The number of rotatable bonds is 4. The second-order valence-electron chi connectivity index (χ2n) is 10.1. The van der Waals surface area contributed by atoms with Crippen LogP contribution in [0.5, 0.6) is 0 Å². The van der Waals surface area contributed by atoms with E-state index in [1.54, 1.807) is 12.4 Å². The van der Waals surface area contributed by atoms with Crippen LogP contribution in [0, 0.1) is 6.92 Å². The molecule has 6 rings (SSSR count). The maximum Gasteiger partial charge on any atom is 0.259 e. The van der Waals surface area contributed by atoms with Crippen LogP contribution in [0.2, 0.25) is 0 Å². The lowest BCUT2D eigenvalue weighted by molar-refractivity contribution is 0.0491. The zero-order valence-electron chi connectivity index (χ0n) is 21.2. The normalized spacial score (nSPS) is 19.6. The molecule has 2 saturated heterocycles. The van der Waals surface area contributed by atoms with Crippen LogP contribution in [0.1, 0.15) is 47.4 Å². The molecule has 2 fully saturated rings. The molecule has 0 unspecified atom stereocenters. The predicted molar refractivity (Wildman–Crippen MR) is 139 cm³/mol. The third-order valence-corrected chi connectivity index (χ3v) is 7.72. The first-order chi connectivity index (χ1) is 18.0. The van der Waals surface area contributed by atoms with Gasteiger partial charge in [0.25, 0.3) is 11.5 Å².